The first-order valence-corrected chi connectivity index (χ1v) is 11.9. The van der Waals surface area contributed by atoms with E-state index in [0.29, 0.717) is 19.4 Å². The van der Waals surface area contributed by atoms with Crippen molar-refractivity contribution < 1.29 is 14.4 Å². The summed E-state index contributed by atoms with van der Waals surface area (Å²) in [6.45, 7) is 7.12. The summed E-state index contributed by atoms with van der Waals surface area (Å²) in [6.07, 6.45) is 5.08. The molecule has 7 heteroatoms. The average molecular weight is 445 g/mol. The normalized spacial score (nSPS) is 25.2. The van der Waals surface area contributed by atoms with Gasteiger partial charge in [-0.1, -0.05) is 57.0 Å². The summed E-state index contributed by atoms with van der Waals surface area (Å²) in [5.74, 6) is -0.409. The Morgan fingerprint density at radius 3 is 2.31 bits per heavy atom. The lowest BCUT2D eigenvalue weighted by atomic mass is 10.0. The maximum Gasteiger partial charge on any atom is 0.242 e. The van der Waals surface area contributed by atoms with Crippen LogP contribution >= 0.6 is 0 Å². The third kappa shape index (κ3) is 8.61. The van der Waals surface area contributed by atoms with Gasteiger partial charge in [-0.05, 0) is 57.7 Å². The van der Waals surface area contributed by atoms with Crippen LogP contribution in [0.4, 0.5) is 0 Å². The smallest absolute Gasteiger partial charge is 0.242 e. The highest BCUT2D eigenvalue weighted by Gasteiger charge is 2.29. The van der Waals surface area contributed by atoms with Crippen LogP contribution in [0.1, 0.15) is 58.4 Å². The van der Waals surface area contributed by atoms with Crippen molar-refractivity contribution in [2.75, 3.05) is 20.1 Å². The lowest BCUT2D eigenvalue weighted by Gasteiger charge is -2.29. The van der Waals surface area contributed by atoms with Crippen LogP contribution in [-0.2, 0) is 20.8 Å². The van der Waals surface area contributed by atoms with Gasteiger partial charge in [0, 0.05) is 6.54 Å². The van der Waals surface area contributed by atoms with Gasteiger partial charge in [0.1, 0.15) is 12.1 Å². The van der Waals surface area contributed by atoms with Gasteiger partial charge in [0.05, 0.1) is 6.04 Å². The minimum atomic E-state index is -0.732. The maximum atomic E-state index is 13.2. The van der Waals surface area contributed by atoms with Crippen molar-refractivity contribution >= 4 is 17.7 Å². The lowest BCUT2D eigenvalue weighted by molar-refractivity contribution is -0.133. The van der Waals surface area contributed by atoms with Gasteiger partial charge in [0.15, 0.2) is 0 Å². The predicted molar refractivity (Wildman–Crippen MR) is 127 cm³/mol. The minimum absolute atomic E-state index is 0.153. The summed E-state index contributed by atoms with van der Waals surface area (Å²) in [5.41, 5.74) is 1.08. The number of rotatable bonds is 4. The van der Waals surface area contributed by atoms with Crippen LogP contribution in [-0.4, -0.2) is 60.9 Å². The van der Waals surface area contributed by atoms with Crippen LogP contribution in [0, 0.1) is 5.92 Å². The number of amides is 3. The predicted octanol–water partition coefficient (Wildman–Crippen LogP) is 2.26. The molecule has 3 N–H and O–H groups in total. The van der Waals surface area contributed by atoms with Crippen molar-refractivity contribution in [3.8, 4) is 0 Å². The number of carbonyl (C=O) groups excluding carboxylic acids is 3. The number of benzene rings is 1. The lowest BCUT2D eigenvalue weighted by Crippen LogP contribution is -2.56. The number of nitrogens with one attached hydrogen (secondary N) is 3. The Hall–Kier alpha value is -2.41. The summed E-state index contributed by atoms with van der Waals surface area (Å²) in [4.78, 5) is 40.7. The molecule has 0 radical (unpaired) electrons. The fourth-order valence-corrected chi connectivity index (χ4v) is 3.99. The van der Waals surface area contributed by atoms with Gasteiger partial charge >= 0.3 is 0 Å². The Morgan fingerprint density at radius 2 is 1.62 bits per heavy atom. The monoisotopic (exact) mass is 444 g/mol. The van der Waals surface area contributed by atoms with Crippen molar-refractivity contribution in [3.63, 3.8) is 0 Å². The van der Waals surface area contributed by atoms with Crippen molar-refractivity contribution in [1.29, 1.82) is 0 Å². The van der Waals surface area contributed by atoms with Crippen molar-refractivity contribution in [2.45, 2.75) is 77.4 Å². The molecule has 178 valence electrons. The van der Waals surface area contributed by atoms with E-state index in [-0.39, 0.29) is 29.7 Å². The molecule has 0 unspecified atom stereocenters. The Labute approximate surface area is 192 Å². The summed E-state index contributed by atoms with van der Waals surface area (Å²) in [6, 6.07) is 8.24. The molecule has 2 rings (SSSR count). The van der Waals surface area contributed by atoms with Crippen LogP contribution in [0.2, 0.25) is 0 Å². The van der Waals surface area contributed by atoms with Gasteiger partial charge in [-0.15, -0.1) is 0 Å². The minimum Gasteiger partial charge on any atom is -0.354 e. The Balaban J connectivity index is 2.17. The largest absolute Gasteiger partial charge is 0.354 e. The van der Waals surface area contributed by atoms with Gasteiger partial charge in [-0.25, -0.2) is 0 Å². The molecule has 1 aliphatic heterocycles. The molecule has 0 aromatic heterocycles. The Bertz CT molecular complexity index is 738. The zero-order valence-corrected chi connectivity index (χ0v) is 20.0. The molecular formula is C25H40N4O3. The van der Waals surface area contributed by atoms with Gasteiger partial charge in [0.2, 0.25) is 17.7 Å². The molecule has 0 bridgehead atoms. The summed E-state index contributed by atoms with van der Waals surface area (Å²) >= 11 is 0. The molecule has 1 heterocycles. The SMILES string of the molecule is CC(C)C[C@@H]1NC(=O)[C@H](C)NC(=O)[C@H](Cc2ccccc2)N(C)CCCCCCNC1=O. The zero-order chi connectivity index (χ0) is 23.5. The van der Waals surface area contributed by atoms with Crippen molar-refractivity contribution in [3.05, 3.63) is 35.9 Å². The number of hydrogen-bond acceptors (Lipinski definition) is 4. The second-order valence-corrected chi connectivity index (χ2v) is 9.31. The second-order valence-electron chi connectivity index (χ2n) is 9.31. The second kappa shape index (κ2) is 13.2. The molecule has 3 amide bonds. The highest BCUT2D eigenvalue weighted by atomic mass is 16.2. The van der Waals surface area contributed by atoms with Crippen molar-refractivity contribution in [1.82, 2.24) is 20.9 Å². The van der Waals surface area contributed by atoms with Gasteiger partial charge < -0.3 is 16.0 Å². The van der Waals surface area contributed by atoms with E-state index in [1.807, 2.05) is 51.2 Å². The molecular weight excluding hydrogens is 404 g/mol. The molecule has 0 saturated carbocycles. The summed E-state index contributed by atoms with van der Waals surface area (Å²) < 4.78 is 0. The van der Waals surface area contributed by atoms with E-state index < -0.39 is 12.1 Å². The molecule has 1 aromatic carbocycles. The summed E-state index contributed by atoms with van der Waals surface area (Å²) in [5, 5.41) is 8.68. The molecule has 7 nitrogen and oxygen atoms in total. The fourth-order valence-electron chi connectivity index (χ4n) is 3.99. The van der Waals surface area contributed by atoms with Gasteiger partial charge in [-0.2, -0.15) is 0 Å². The van der Waals surface area contributed by atoms with E-state index in [0.717, 1.165) is 37.8 Å². The standard InChI is InChI=1S/C25H40N4O3/c1-18(2)16-21-24(31)26-14-10-5-6-11-15-29(4)22(17-20-12-8-7-9-13-20)25(32)27-19(3)23(30)28-21/h7-9,12-13,18-19,21-22H,5-6,10-11,14-17H2,1-4H3,(H,26,31)(H,27,32)(H,28,30)/t19-,21-,22-/m0/s1. The first-order chi connectivity index (χ1) is 15.3. The third-order valence-electron chi connectivity index (χ3n) is 5.94. The van der Waals surface area contributed by atoms with Crippen LogP contribution in [0.25, 0.3) is 0 Å². The van der Waals surface area contributed by atoms with Crippen LogP contribution in [0.5, 0.6) is 0 Å². The van der Waals surface area contributed by atoms with E-state index in [1.165, 1.54) is 0 Å². The third-order valence-corrected chi connectivity index (χ3v) is 5.94. The molecule has 1 saturated heterocycles. The average Bonchev–Trinajstić information content (AvgIpc) is 2.75. The van der Waals surface area contributed by atoms with Crippen LogP contribution in [0.3, 0.4) is 0 Å². The molecule has 32 heavy (non-hydrogen) atoms. The molecule has 0 spiro atoms. The number of carbonyl (C=O) groups is 3. The quantitative estimate of drug-likeness (QED) is 0.664. The van der Waals surface area contributed by atoms with E-state index in [2.05, 4.69) is 20.9 Å². The summed E-state index contributed by atoms with van der Waals surface area (Å²) in [7, 11) is 1.97. The molecule has 1 aromatic rings. The highest BCUT2D eigenvalue weighted by Crippen LogP contribution is 2.12. The van der Waals surface area contributed by atoms with E-state index in [4.69, 9.17) is 0 Å². The van der Waals surface area contributed by atoms with Crippen LogP contribution < -0.4 is 16.0 Å². The fraction of sp³-hybridized carbons (Fsp3) is 0.640. The molecule has 1 aliphatic rings. The first-order valence-electron chi connectivity index (χ1n) is 11.9. The number of nitrogens with zero attached hydrogens (tertiary/aromatic N) is 1. The number of hydrogen-bond donors (Lipinski definition) is 3. The Kier molecular flexibility index (Phi) is 10.7. The van der Waals surface area contributed by atoms with E-state index >= 15 is 0 Å². The zero-order valence-electron chi connectivity index (χ0n) is 20.0. The van der Waals surface area contributed by atoms with Gasteiger partial charge in [-0.3, -0.25) is 19.3 Å². The molecule has 3 atom stereocenters. The Morgan fingerprint density at radius 1 is 0.938 bits per heavy atom. The van der Waals surface area contributed by atoms with Crippen LogP contribution in [0.15, 0.2) is 30.3 Å². The van der Waals surface area contributed by atoms with E-state index in [1.54, 1.807) is 6.92 Å². The maximum absolute atomic E-state index is 13.2. The van der Waals surface area contributed by atoms with Crippen molar-refractivity contribution in [2.24, 2.45) is 5.92 Å². The molecule has 0 aliphatic carbocycles. The molecule has 1 fully saturated rings. The highest BCUT2D eigenvalue weighted by molar-refractivity contribution is 5.92. The topological polar surface area (TPSA) is 90.5 Å². The van der Waals surface area contributed by atoms with E-state index in [9.17, 15) is 14.4 Å². The van der Waals surface area contributed by atoms with Gasteiger partial charge in [0.25, 0.3) is 0 Å². The first kappa shape index (κ1) is 25.8. The number of likely N-dealkylation sites (N-methyl/N-ethyl adjacent to an activating group) is 1.